The van der Waals surface area contributed by atoms with E-state index in [0.717, 1.165) is 0 Å². The molecule has 172 valence electrons. The maximum Gasteiger partial charge on any atom is 0.362 e. The van der Waals surface area contributed by atoms with Gasteiger partial charge in [-0.05, 0) is 5.41 Å². The van der Waals surface area contributed by atoms with Gasteiger partial charge in [-0.15, -0.1) is 0 Å². The molecule has 0 saturated carbocycles. The van der Waals surface area contributed by atoms with Crippen LogP contribution in [0.2, 0.25) is 0 Å². The minimum atomic E-state index is -4.61. The van der Waals surface area contributed by atoms with Crippen molar-refractivity contribution in [1.82, 2.24) is 24.2 Å². The van der Waals surface area contributed by atoms with Gasteiger partial charge in [-0.3, -0.25) is 13.5 Å². The predicted molar refractivity (Wildman–Crippen MR) is 104 cm³/mol. The topological polar surface area (TPSA) is 212 Å². The van der Waals surface area contributed by atoms with Crippen LogP contribution in [0, 0.1) is 5.41 Å². The zero-order valence-corrected chi connectivity index (χ0v) is 17.7. The average Bonchev–Trinajstić information content (AvgIpc) is 3.21. The monoisotopic (exact) mass is 460 g/mol. The highest BCUT2D eigenvalue weighted by atomic mass is 32.2. The van der Waals surface area contributed by atoms with Gasteiger partial charge in [0.1, 0.15) is 36.3 Å². The highest BCUT2D eigenvalue weighted by Gasteiger charge is 2.45. The zero-order chi connectivity index (χ0) is 23.1. The number of aliphatic hydroxyl groups is 3. The molecule has 1 aliphatic heterocycles. The lowest BCUT2D eigenvalue weighted by atomic mass is 9.89. The molecule has 0 radical (unpaired) electrons. The maximum atomic E-state index is 12.0. The van der Waals surface area contributed by atoms with E-state index in [4.69, 9.17) is 14.7 Å². The molecule has 5 atom stereocenters. The number of nitrogens with one attached hydrogen (secondary N) is 1. The number of nitrogens with zero attached hydrogens (tertiary/aromatic N) is 4. The van der Waals surface area contributed by atoms with E-state index in [1.165, 1.54) is 17.2 Å². The molecule has 3 heterocycles. The van der Waals surface area contributed by atoms with Crippen molar-refractivity contribution in [3.05, 3.63) is 12.7 Å². The number of nitrogen functional groups attached to an aromatic ring is 1. The van der Waals surface area contributed by atoms with E-state index in [2.05, 4.69) is 15.0 Å². The second kappa shape index (κ2) is 8.25. The van der Waals surface area contributed by atoms with Gasteiger partial charge in [-0.25, -0.2) is 19.7 Å². The first-order valence-electron chi connectivity index (χ1n) is 9.15. The van der Waals surface area contributed by atoms with Crippen molar-refractivity contribution >= 4 is 33.2 Å². The molecule has 1 fully saturated rings. The largest absolute Gasteiger partial charge is 0.387 e. The SMILES string of the molecule is CC(C)(C)[C@@H](O)C(=O)NS(=O)(=O)OC[C@H]1O[C@@H](n2cnc3c(N)ncnc32)[C@H](O)[C@@H]1O. The molecule has 1 saturated heterocycles. The summed E-state index contributed by atoms with van der Waals surface area (Å²) in [6.07, 6.45) is -4.55. The first-order valence-corrected chi connectivity index (χ1v) is 10.6. The molecule has 14 nitrogen and oxygen atoms in total. The normalized spacial score (nSPS) is 25.6. The number of rotatable bonds is 6. The molecule has 0 aliphatic carbocycles. The van der Waals surface area contributed by atoms with E-state index in [1.807, 2.05) is 0 Å². The van der Waals surface area contributed by atoms with E-state index in [-0.39, 0.29) is 17.0 Å². The number of fused-ring (bicyclic) bond motifs is 1. The summed E-state index contributed by atoms with van der Waals surface area (Å²) in [6, 6.07) is 0. The molecule has 6 N–H and O–H groups in total. The van der Waals surface area contributed by atoms with Gasteiger partial charge in [0, 0.05) is 0 Å². The lowest BCUT2D eigenvalue weighted by molar-refractivity contribution is -0.132. The Kier molecular flexibility index (Phi) is 6.18. The van der Waals surface area contributed by atoms with Gasteiger partial charge in [0.05, 0.1) is 12.9 Å². The van der Waals surface area contributed by atoms with Crippen molar-refractivity contribution < 1.29 is 37.5 Å². The van der Waals surface area contributed by atoms with Crippen molar-refractivity contribution in [3.8, 4) is 0 Å². The predicted octanol–water partition coefficient (Wildman–Crippen LogP) is -2.19. The summed E-state index contributed by atoms with van der Waals surface area (Å²) in [4.78, 5) is 23.8. The number of anilines is 1. The molecular weight excluding hydrogens is 436 g/mol. The number of amides is 1. The number of carbonyl (C=O) groups excluding carboxylic acids is 1. The molecular formula is C16H24N6O8S. The number of aromatic nitrogens is 4. The van der Waals surface area contributed by atoms with Crippen LogP contribution in [0.25, 0.3) is 11.2 Å². The minimum absolute atomic E-state index is 0.107. The molecule has 2 aromatic heterocycles. The summed E-state index contributed by atoms with van der Waals surface area (Å²) < 4.78 is 37.2. The van der Waals surface area contributed by atoms with Gasteiger partial charge in [0.25, 0.3) is 5.91 Å². The Balaban J connectivity index is 1.68. The van der Waals surface area contributed by atoms with Crippen LogP contribution in [0.3, 0.4) is 0 Å². The second-order valence-corrected chi connectivity index (χ2v) is 9.45. The number of nitrogens with two attached hydrogens (primary N) is 1. The standard InChI is InChI=1S/C16H24N6O8S/c1-16(2,3)11(25)14(26)21-31(27,28)29-4-7-9(23)10(24)15(30-7)22-6-20-8-12(17)18-5-19-13(8)22/h5-7,9-11,15,23-25H,4H2,1-3H3,(H,21,26)(H2,17,18,19)/t7-,9-,10-,11+,15-/m1/s1. The summed E-state index contributed by atoms with van der Waals surface area (Å²) in [5, 5.41) is 30.5. The molecule has 15 heteroatoms. The van der Waals surface area contributed by atoms with Crippen molar-refractivity contribution in [3.63, 3.8) is 0 Å². The Labute approximate surface area is 177 Å². The fraction of sp³-hybridized carbons (Fsp3) is 0.625. The maximum absolute atomic E-state index is 12.0. The summed E-state index contributed by atoms with van der Waals surface area (Å²) in [7, 11) is -4.61. The number of ether oxygens (including phenoxy) is 1. The third kappa shape index (κ3) is 4.76. The van der Waals surface area contributed by atoms with Gasteiger partial charge < -0.3 is 25.8 Å². The lowest BCUT2D eigenvalue weighted by Gasteiger charge is -2.24. The average molecular weight is 460 g/mol. The molecule has 0 unspecified atom stereocenters. The van der Waals surface area contributed by atoms with Crippen LogP contribution in [0.1, 0.15) is 27.0 Å². The third-order valence-electron chi connectivity index (χ3n) is 4.68. The highest BCUT2D eigenvalue weighted by molar-refractivity contribution is 7.85. The second-order valence-electron chi connectivity index (χ2n) is 8.10. The van der Waals surface area contributed by atoms with Crippen LogP contribution >= 0.6 is 0 Å². The van der Waals surface area contributed by atoms with Crippen molar-refractivity contribution in [2.45, 2.75) is 51.4 Å². The van der Waals surface area contributed by atoms with Crippen LogP contribution in [0.15, 0.2) is 12.7 Å². The molecule has 3 rings (SSSR count). The third-order valence-corrected chi connectivity index (χ3v) is 5.58. The highest BCUT2D eigenvalue weighted by Crippen LogP contribution is 2.32. The van der Waals surface area contributed by atoms with Crippen LogP contribution in [0.4, 0.5) is 5.82 Å². The van der Waals surface area contributed by atoms with Crippen LogP contribution in [0.5, 0.6) is 0 Å². The molecule has 0 aromatic carbocycles. The summed E-state index contributed by atoms with van der Waals surface area (Å²) in [6.45, 7) is 3.93. The Morgan fingerprint density at radius 1 is 1.32 bits per heavy atom. The smallest absolute Gasteiger partial charge is 0.362 e. The Bertz CT molecular complexity index is 1070. The van der Waals surface area contributed by atoms with Gasteiger partial charge in [-0.1, -0.05) is 20.8 Å². The van der Waals surface area contributed by atoms with E-state index in [1.54, 1.807) is 25.5 Å². The van der Waals surface area contributed by atoms with Crippen molar-refractivity contribution in [2.24, 2.45) is 5.41 Å². The molecule has 0 bridgehead atoms. The Morgan fingerprint density at radius 3 is 2.65 bits per heavy atom. The molecule has 0 spiro atoms. The van der Waals surface area contributed by atoms with Gasteiger partial charge in [0.2, 0.25) is 0 Å². The minimum Gasteiger partial charge on any atom is -0.387 e. The van der Waals surface area contributed by atoms with Crippen LogP contribution in [-0.2, 0) is 24.0 Å². The molecule has 31 heavy (non-hydrogen) atoms. The van der Waals surface area contributed by atoms with E-state index < -0.39 is 58.9 Å². The summed E-state index contributed by atoms with van der Waals surface area (Å²) >= 11 is 0. The molecule has 1 aliphatic rings. The fourth-order valence-corrected chi connectivity index (χ4v) is 3.64. The van der Waals surface area contributed by atoms with E-state index in [9.17, 15) is 28.5 Å². The quantitative estimate of drug-likeness (QED) is 0.311. The van der Waals surface area contributed by atoms with Crippen molar-refractivity contribution in [2.75, 3.05) is 12.3 Å². The van der Waals surface area contributed by atoms with Gasteiger partial charge in [0.15, 0.2) is 17.7 Å². The van der Waals surface area contributed by atoms with Gasteiger partial charge >= 0.3 is 10.3 Å². The number of aliphatic hydroxyl groups excluding tert-OH is 3. The van der Waals surface area contributed by atoms with E-state index >= 15 is 0 Å². The molecule has 2 aromatic rings. The number of hydrogen-bond donors (Lipinski definition) is 5. The first kappa shape index (κ1) is 23.2. The Hall–Kier alpha value is -2.43. The number of hydrogen-bond acceptors (Lipinski definition) is 12. The first-order chi connectivity index (χ1) is 14.3. The molecule has 1 amide bonds. The lowest BCUT2D eigenvalue weighted by Crippen LogP contribution is -2.46. The number of carbonyl (C=O) groups is 1. The van der Waals surface area contributed by atoms with Crippen LogP contribution < -0.4 is 10.5 Å². The summed E-state index contributed by atoms with van der Waals surface area (Å²) in [5.41, 5.74) is 5.32. The van der Waals surface area contributed by atoms with Gasteiger partial charge in [-0.2, -0.15) is 8.42 Å². The number of imidazole rings is 1. The van der Waals surface area contributed by atoms with Crippen molar-refractivity contribution in [1.29, 1.82) is 0 Å². The fourth-order valence-electron chi connectivity index (χ4n) is 2.91. The summed E-state index contributed by atoms with van der Waals surface area (Å²) in [5.74, 6) is -1.06. The van der Waals surface area contributed by atoms with E-state index in [0.29, 0.717) is 0 Å². The Morgan fingerprint density at radius 2 is 2.00 bits per heavy atom. The zero-order valence-electron chi connectivity index (χ0n) is 16.9. The van der Waals surface area contributed by atoms with Crippen LogP contribution in [-0.4, -0.2) is 80.2 Å².